The van der Waals surface area contributed by atoms with E-state index < -0.39 is 0 Å². The van der Waals surface area contributed by atoms with Gasteiger partial charge in [0.05, 0.1) is 6.61 Å². The van der Waals surface area contributed by atoms with E-state index in [1.807, 2.05) is 25.1 Å². The van der Waals surface area contributed by atoms with Crippen LogP contribution < -0.4 is 5.32 Å². The lowest BCUT2D eigenvalue weighted by Crippen LogP contribution is -2.42. The highest BCUT2D eigenvalue weighted by molar-refractivity contribution is 7.18. The third-order valence-electron chi connectivity index (χ3n) is 3.66. The molecule has 0 aliphatic carbocycles. The maximum Gasteiger partial charge on any atom is 0.409 e. The first-order chi connectivity index (χ1) is 11.3. The Bertz CT molecular complexity index is 640. The highest BCUT2D eigenvalue weighted by atomic mass is 32.1. The van der Waals surface area contributed by atoms with Crippen LogP contribution in [0.2, 0.25) is 0 Å². The zero-order valence-electron chi connectivity index (χ0n) is 12.9. The summed E-state index contributed by atoms with van der Waals surface area (Å²) in [5, 5.41) is 13.4. The highest BCUT2D eigenvalue weighted by Crippen LogP contribution is 2.26. The first-order valence-corrected chi connectivity index (χ1v) is 8.51. The molecule has 3 rings (SSSR count). The van der Waals surface area contributed by atoms with Crippen LogP contribution in [0, 0.1) is 0 Å². The van der Waals surface area contributed by atoms with Gasteiger partial charge >= 0.3 is 6.09 Å². The molecule has 1 fully saturated rings. The molecule has 7 nitrogen and oxygen atoms in total. The van der Waals surface area contributed by atoms with Crippen molar-refractivity contribution in [3.8, 4) is 10.7 Å². The van der Waals surface area contributed by atoms with E-state index in [9.17, 15) is 4.79 Å². The van der Waals surface area contributed by atoms with E-state index in [2.05, 4.69) is 20.5 Å². The Kier molecular flexibility index (Phi) is 5.02. The number of hydrogen-bond donors (Lipinski definition) is 1. The van der Waals surface area contributed by atoms with Crippen LogP contribution in [-0.2, 0) is 4.74 Å². The number of piperidine rings is 1. The SMILES string of the molecule is CCOC(=O)N1CCC(Nc2nnc(-c3ccccn3)s2)CC1. The Hall–Kier alpha value is -2.22. The van der Waals surface area contributed by atoms with Crippen LogP contribution >= 0.6 is 11.3 Å². The number of carbonyl (C=O) groups excluding carboxylic acids is 1. The molecule has 0 bridgehead atoms. The van der Waals surface area contributed by atoms with Crippen molar-refractivity contribution in [1.29, 1.82) is 0 Å². The maximum absolute atomic E-state index is 11.7. The number of amides is 1. The van der Waals surface area contributed by atoms with Crippen molar-refractivity contribution in [3.05, 3.63) is 24.4 Å². The molecule has 1 N–H and O–H groups in total. The van der Waals surface area contributed by atoms with Gasteiger partial charge in [0, 0.05) is 25.3 Å². The van der Waals surface area contributed by atoms with Crippen molar-refractivity contribution >= 4 is 22.6 Å². The van der Waals surface area contributed by atoms with Gasteiger partial charge in [0.1, 0.15) is 5.69 Å². The fourth-order valence-electron chi connectivity index (χ4n) is 2.47. The smallest absolute Gasteiger partial charge is 0.409 e. The van der Waals surface area contributed by atoms with Crippen LogP contribution in [0.5, 0.6) is 0 Å². The standard InChI is InChI=1S/C15H19N5O2S/c1-2-22-15(21)20-9-6-11(7-10-20)17-14-19-18-13(23-14)12-5-3-4-8-16-12/h3-5,8,11H,2,6-7,9-10H2,1H3,(H,17,19). The fraction of sp³-hybridized carbons (Fsp3) is 0.467. The zero-order chi connectivity index (χ0) is 16.1. The molecule has 0 saturated carbocycles. The molecule has 1 aliphatic heterocycles. The van der Waals surface area contributed by atoms with Crippen molar-refractivity contribution in [1.82, 2.24) is 20.1 Å². The summed E-state index contributed by atoms with van der Waals surface area (Å²) in [5.74, 6) is 0. The second-order valence-electron chi connectivity index (χ2n) is 5.23. The molecule has 8 heteroatoms. The van der Waals surface area contributed by atoms with E-state index in [1.54, 1.807) is 11.1 Å². The zero-order valence-corrected chi connectivity index (χ0v) is 13.8. The fourth-order valence-corrected chi connectivity index (χ4v) is 3.27. The van der Waals surface area contributed by atoms with Crippen molar-refractivity contribution < 1.29 is 9.53 Å². The van der Waals surface area contributed by atoms with E-state index in [0.29, 0.717) is 25.7 Å². The molecule has 23 heavy (non-hydrogen) atoms. The minimum Gasteiger partial charge on any atom is -0.450 e. The highest BCUT2D eigenvalue weighted by Gasteiger charge is 2.24. The number of carbonyl (C=O) groups is 1. The molecule has 1 amide bonds. The van der Waals surface area contributed by atoms with Crippen molar-refractivity contribution in [3.63, 3.8) is 0 Å². The van der Waals surface area contributed by atoms with Gasteiger partial charge in [0.25, 0.3) is 0 Å². The monoisotopic (exact) mass is 333 g/mol. The van der Waals surface area contributed by atoms with Gasteiger partial charge in [-0.05, 0) is 31.9 Å². The predicted octanol–water partition coefficient (Wildman–Crippen LogP) is 2.63. The lowest BCUT2D eigenvalue weighted by atomic mass is 10.1. The van der Waals surface area contributed by atoms with Crippen molar-refractivity contribution in [2.24, 2.45) is 0 Å². The summed E-state index contributed by atoms with van der Waals surface area (Å²) in [6.07, 6.45) is 3.27. The number of rotatable bonds is 4. The largest absolute Gasteiger partial charge is 0.450 e. The lowest BCUT2D eigenvalue weighted by molar-refractivity contribution is 0.0983. The molecule has 0 unspecified atom stereocenters. The van der Waals surface area contributed by atoms with Gasteiger partial charge in [0.2, 0.25) is 5.13 Å². The first kappa shape index (κ1) is 15.7. The van der Waals surface area contributed by atoms with Crippen LogP contribution in [0.4, 0.5) is 9.93 Å². The topological polar surface area (TPSA) is 80.2 Å². The van der Waals surface area contributed by atoms with Crippen molar-refractivity contribution in [2.45, 2.75) is 25.8 Å². The second kappa shape index (κ2) is 7.36. The minimum absolute atomic E-state index is 0.223. The molecule has 0 atom stereocenters. The van der Waals surface area contributed by atoms with Crippen LogP contribution in [0.1, 0.15) is 19.8 Å². The number of anilines is 1. The molecule has 0 spiro atoms. The molecular weight excluding hydrogens is 314 g/mol. The van der Waals surface area contributed by atoms with Gasteiger partial charge in [-0.1, -0.05) is 17.4 Å². The molecule has 2 aromatic heterocycles. The van der Waals surface area contributed by atoms with Crippen LogP contribution in [0.25, 0.3) is 10.7 Å². The Labute approximate surface area is 138 Å². The van der Waals surface area contributed by atoms with Gasteiger partial charge < -0.3 is 15.0 Å². The van der Waals surface area contributed by atoms with Gasteiger partial charge in [-0.2, -0.15) is 0 Å². The summed E-state index contributed by atoms with van der Waals surface area (Å²) in [5.41, 5.74) is 0.829. The molecule has 1 saturated heterocycles. The van der Waals surface area contributed by atoms with Gasteiger partial charge in [-0.15, -0.1) is 10.2 Å². The normalized spacial score (nSPS) is 15.4. The number of nitrogens with zero attached hydrogens (tertiary/aromatic N) is 4. The summed E-state index contributed by atoms with van der Waals surface area (Å²) >= 11 is 1.49. The summed E-state index contributed by atoms with van der Waals surface area (Å²) < 4.78 is 5.03. The van der Waals surface area contributed by atoms with Gasteiger partial charge in [0.15, 0.2) is 5.01 Å². The van der Waals surface area contributed by atoms with Crippen molar-refractivity contribution in [2.75, 3.05) is 25.0 Å². The summed E-state index contributed by atoms with van der Waals surface area (Å²) in [4.78, 5) is 17.7. The number of pyridine rings is 1. The number of aromatic nitrogens is 3. The molecule has 3 heterocycles. The van der Waals surface area contributed by atoms with Crippen LogP contribution in [0.3, 0.4) is 0 Å². The summed E-state index contributed by atoms with van der Waals surface area (Å²) in [6.45, 7) is 3.63. The third kappa shape index (κ3) is 3.95. The Morgan fingerprint density at radius 1 is 1.39 bits per heavy atom. The van der Waals surface area contributed by atoms with E-state index in [-0.39, 0.29) is 6.09 Å². The average Bonchev–Trinajstić information content (AvgIpc) is 3.05. The molecule has 122 valence electrons. The number of hydrogen-bond acceptors (Lipinski definition) is 7. The van der Waals surface area contributed by atoms with Gasteiger partial charge in [-0.25, -0.2) is 4.79 Å². The average molecular weight is 333 g/mol. The summed E-state index contributed by atoms with van der Waals surface area (Å²) in [6, 6.07) is 6.02. The second-order valence-corrected chi connectivity index (χ2v) is 6.21. The number of ether oxygens (including phenoxy) is 1. The molecule has 1 aliphatic rings. The Balaban J connectivity index is 1.53. The predicted molar refractivity (Wildman–Crippen MR) is 88.4 cm³/mol. The van der Waals surface area contributed by atoms with Crippen LogP contribution in [-0.4, -0.2) is 51.9 Å². The lowest BCUT2D eigenvalue weighted by Gasteiger charge is -2.31. The third-order valence-corrected chi connectivity index (χ3v) is 4.53. The molecule has 0 radical (unpaired) electrons. The maximum atomic E-state index is 11.7. The summed E-state index contributed by atoms with van der Waals surface area (Å²) in [7, 11) is 0. The molecule has 0 aromatic carbocycles. The minimum atomic E-state index is -0.223. The quantitative estimate of drug-likeness (QED) is 0.926. The van der Waals surface area contributed by atoms with Gasteiger partial charge in [-0.3, -0.25) is 4.98 Å². The molecular formula is C15H19N5O2S. The Morgan fingerprint density at radius 3 is 2.91 bits per heavy atom. The number of likely N-dealkylation sites (tertiary alicyclic amines) is 1. The van der Waals surface area contributed by atoms with E-state index in [1.165, 1.54) is 11.3 Å². The first-order valence-electron chi connectivity index (χ1n) is 7.69. The van der Waals surface area contributed by atoms with E-state index >= 15 is 0 Å². The molecule has 2 aromatic rings. The van der Waals surface area contributed by atoms with E-state index in [0.717, 1.165) is 28.7 Å². The number of nitrogens with one attached hydrogen (secondary N) is 1. The van der Waals surface area contributed by atoms with E-state index in [4.69, 9.17) is 4.74 Å². The Morgan fingerprint density at radius 2 is 2.22 bits per heavy atom. The van der Waals surface area contributed by atoms with Crippen LogP contribution in [0.15, 0.2) is 24.4 Å².